The Hall–Kier alpha value is -4.28. The summed E-state index contributed by atoms with van der Waals surface area (Å²) in [6.07, 6.45) is 1.24. The maximum Gasteiger partial charge on any atom is 0.233 e. The van der Waals surface area contributed by atoms with Gasteiger partial charge in [-0.2, -0.15) is 5.26 Å². The van der Waals surface area contributed by atoms with Crippen LogP contribution in [0.25, 0.3) is 22.4 Å². The molecule has 39 heavy (non-hydrogen) atoms. The lowest BCUT2D eigenvalue weighted by Crippen LogP contribution is -2.33. The third-order valence-electron chi connectivity index (χ3n) is 6.33. The molecule has 1 N–H and O–H groups in total. The molecule has 0 aliphatic heterocycles. The van der Waals surface area contributed by atoms with Gasteiger partial charge in [0.25, 0.3) is 0 Å². The maximum absolute atomic E-state index is 13.2. The molecule has 1 atom stereocenters. The topological polar surface area (TPSA) is 84.2 Å². The molecular weight excluding hydrogens is 506 g/mol. The van der Waals surface area contributed by atoms with Gasteiger partial charge in [-0.25, -0.2) is 4.98 Å². The molecule has 0 aliphatic rings. The predicted molar refractivity (Wildman–Crippen MR) is 156 cm³/mol. The molecule has 1 unspecified atom stereocenters. The van der Waals surface area contributed by atoms with Crippen molar-refractivity contribution >= 4 is 17.7 Å². The van der Waals surface area contributed by atoms with E-state index in [1.807, 2.05) is 91.9 Å². The van der Waals surface area contributed by atoms with Crippen molar-refractivity contribution in [3.05, 3.63) is 96.1 Å². The minimum Gasteiger partial charge on any atom is -0.493 e. The number of amides is 1. The minimum atomic E-state index is -0.398. The molecule has 7 heteroatoms. The maximum atomic E-state index is 13.2. The molecule has 198 valence electrons. The van der Waals surface area contributed by atoms with Crippen LogP contribution in [-0.4, -0.2) is 36.9 Å². The molecule has 3 aromatic carbocycles. The first-order valence-corrected chi connectivity index (χ1v) is 13.7. The van der Waals surface area contributed by atoms with E-state index in [2.05, 4.69) is 11.4 Å². The zero-order valence-corrected chi connectivity index (χ0v) is 23.1. The van der Waals surface area contributed by atoms with Gasteiger partial charge >= 0.3 is 0 Å². The van der Waals surface area contributed by atoms with Crippen molar-refractivity contribution in [2.24, 2.45) is 0 Å². The summed E-state index contributed by atoms with van der Waals surface area (Å²) in [7, 11) is 3.21. The monoisotopic (exact) mass is 537 g/mol. The number of pyridine rings is 1. The first-order valence-electron chi connectivity index (χ1n) is 12.8. The van der Waals surface area contributed by atoms with Crippen LogP contribution in [0.3, 0.4) is 0 Å². The van der Waals surface area contributed by atoms with Gasteiger partial charge in [0.1, 0.15) is 11.1 Å². The lowest BCUT2D eigenvalue weighted by atomic mass is 9.99. The molecule has 0 fully saturated rings. The summed E-state index contributed by atoms with van der Waals surface area (Å²) in [6, 6.07) is 29.7. The fourth-order valence-corrected chi connectivity index (χ4v) is 5.31. The van der Waals surface area contributed by atoms with Crippen molar-refractivity contribution < 1.29 is 14.3 Å². The number of benzene rings is 3. The highest BCUT2D eigenvalue weighted by atomic mass is 32.2. The van der Waals surface area contributed by atoms with Crippen molar-refractivity contribution in [3.8, 4) is 40.0 Å². The van der Waals surface area contributed by atoms with E-state index < -0.39 is 5.25 Å². The Labute approximate surface area is 234 Å². The van der Waals surface area contributed by atoms with E-state index in [1.165, 1.54) is 11.8 Å². The molecule has 1 heterocycles. The molecule has 1 aromatic heterocycles. The molecule has 0 aliphatic carbocycles. The summed E-state index contributed by atoms with van der Waals surface area (Å²) in [5.41, 5.74) is 4.96. The van der Waals surface area contributed by atoms with Gasteiger partial charge in [-0.1, -0.05) is 85.4 Å². The average molecular weight is 538 g/mol. The van der Waals surface area contributed by atoms with E-state index in [1.54, 1.807) is 14.2 Å². The van der Waals surface area contributed by atoms with Gasteiger partial charge < -0.3 is 14.8 Å². The van der Waals surface area contributed by atoms with E-state index in [4.69, 9.17) is 14.5 Å². The summed E-state index contributed by atoms with van der Waals surface area (Å²) in [4.78, 5) is 18.1. The van der Waals surface area contributed by atoms with Crippen molar-refractivity contribution in [1.29, 1.82) is 5.26 Å². The zero-order valence-electron chi connectivity index (χ0n) is 22.3. The number of thioether (sulfide) groups is 1. The number of carbonyl (C=O) groups excluding carboxylic acids is 1. The van der Waals surface area contributed by atoms with Crippen molar-refractivity contribution in [3.63, 3.8) is 0 Å². The highest BCUT2D eigenvalue weighted by Gasteiger charge is 2.23. The highest BCUT2D eigenvalue weighted by Crippen LogP contribution is 2.36. The molecule has 4 rings (SSSR count). The van der Waals surface area contributed by atoms with Crippen LogP contribution < -0.4 is 14.8 Å². The number of aromatic nitrogens is 1. The molecule has 4 aromatic rings. The van der Waals surface area contributed by atoms with Crippen LogP contribution in [0.1, 0.15) is 24.5 Å². The Balaban J connectivity index is 1.56. The second-order valence-electron chi connectivity index (χ2n) is 8.82. The third kappa shape index (κ3) is 6.78. The fraction of sp³-hybridized carbons (Fsp3) is 0.219. The van der Waals surface area contributed by atoms with Gasteiger partial charge in [-0.3, -0.25) is 4.79 Å². The summed E-state index contributed by atoms with van der Waals surface area (Å²) in [5, 5.41) is 13.4. The molecule has 0 saturated carbocycles. The number of nitrogens with zero attached hydrogens (tertiary/aromatic N) is 2. The molecule has 1 amide bonds. The van der Waals surface area contributed by atoms with E-state index in [-0.39, 0.29) is 5.91 Å². The van der Waals surface area contributed by atoms with E-state index in [0.29, 0.717) is 41.5 Å². The molecule has 0 saturated heterocycles. The van der Waals surface area contributed by atoms with Crippen molar-refractivity contribution in [1.82, 2.24) is 10.3 Å². The van der Waals surface area contributed by atoms with Gasteiger partial charge in [0, 0.05) is 17.7 Å². The second kappa shape index (κ2) is 13.5. The van der Waals surface area contributed by atoms with Gasteiger partial charge in [-0.05, 0) is 42.2 Å². The number of rotatable bonds is 11. The van der Waals surface area contributed by atoms with Crippen molar-refractivity contribution in [2.45, 2.75) is 30.0 Å². The molecule has 0 bridgehead atoms. The standard InChI is InChI=1S/C32H31N3O3S/c1-4-30(31(36)34-18-17-22-15-16-28(37-2)29(19-22)38-3)39-32-26(21-33)25(23-11-7-5-8-12-23)20-27(35-32)24-13-9-6-10-14-24/h5-16,19-20,30H,4,17-18H2,1-3H3,(H,34,36). The Morgan fingerprint density at radius 2 is 1.62 bits per heavy atom. The van der Waals surface area contributed by atoms with E-state index in [0.717, 1.165) is 27.9 Å². The van der Waals surface area contributed by atoms with Gasteiger partial charge in [0.15, 0.2) is 11.5 Å². The number of nitriles is 1. The molecular formula is C32H31N3O3S. The number of carbonyl (C=O) groups is 1. The fourth-order valence-electron chi connectivity index (χ4n) is 4.25. The predicted octanol–water partition coefficient (Wildman–Crippen LogP) is 6.53. The number of hydrogen-bond acceptors (Lipinski definition) is 6. The smallest absolute Gasteiger partial charge is 0.233 e. The Bertz CT molecular complexity index is 1450. The van der Waals surface area contributed by atoms with Crippen molar-refractivity contribution in [2.75, 3.05) is 20.8 Å². The van der Waals surface area contributed by atoms with Gasteiger partial charge in [0.05, 0.1) is 30.7 Å². The first-order chi connectivity index (χ1) is 19.1. The molecule has 0 radical (unpaired) electrons. The number of methoxy groups -OCH3 is 2. The van der Waals surface area contributed by atoms with Crippen LogP contribution >= 0.6 is 11.8 Å². The van der Waals surface area contributed by atoms with Crippen LogP contribution in [0.2, 0.25) is 0 Å². The quantitative estimate of drug-likeness (QED) is 0.219. The largest absolute Gasteiger partial charge is 0.493 e. The van der Waals surface area contributed by atoms with Crippen LogP contribution in [0, 0.1) is 11.3 Å². The minimum absolute atomic E-state index is 0.0833. The Morgan fingerprint density at radius 3 is 2.23 bits per heavy atom. The zero-order chi connectivity index (χ0) is 27.6. The summed E-state index contributed by atoms with van der Waals surface area (Å²) in [5.74, 6) is 1.24. The number of hydrogen-bond donors (Lipinski definition) is 1. The Morgan fingerprint density at radius 1 is 0.949 bits per heavy atom. The molecule has 6 nitrogen and oxygen atoms in total. The number of nitrogens with one attached hydrogen (secondary N) is 1. The SMILES string of the molecule is CCC(Sc1nc(-c2ccccc2)cc(-c2ccccc2)c1C#N)C(=O)NCCc1ccc(OC)c(OC)c1. The van der Waals surface area contributed by atoms with Gasteiger partial charge in [-0.15, -0.1) is 0 Å². The lowest BCUT2D eigenvalue weighted by molar-refractivity contribution is -0.120. The van der Waals surface area contributed by atoms with Gasteiger partial charge in [0.2, 0.25) is 5.91 Å². The number of ether oxygens (including phenoxy) is 2. The van der Waals surface area contributed by atoms with Crippen LogP contribution in [0.5, 0.6) is 11.5 Å². The lowest BCUT2D eigenvalue weighted by Gasteiger charge is -2.17. The van der Waals surface area contributed by atoms with Crippen LogP contribution in [-0.2, 0) is 11.2 Å². The van der Waals surface area contributed by atoms with Crippen LogP contribution in [0.15, 0.2) is 90.0 Å². The summed E-state index contributed by atoms with van der Waals surface area (Å²) in [6.45, 7) is 2.44. The third-order valence-corrected chi connectivity index (χ3v) is 7.68. The highest BCUT2D eigenvalue weighted by molar-refractivity contribution is 8.00. The van der Waals surface area contributed by atoms with E-state index in [9.17, 15) is 10.1 Å². The molecule has 0 spiro atoms. The summed E-state index contributed by atoms with van der Waals surface area (Å²) >= 11 is 1.34. The normalized spacial score (nSPS) is 11.3. The summed E-state index contributed by atoms with van der Waals surface area (Å²) < 4.78 is 10.7. The van der Waals surface area contributed by atoms with E-state index >= 15 is 0 Å². The van der Waals surface area contributed by atoms with Crippen LogP contribution in [0.4, 0.5) is 0 Å². The second-order valence-corrected chi connectivity index (χ2v) is 10.0. The average Bonchev–Trinajstić information content (AvgIpc) is 3.00. The first kappa shape index (κ1) is 27.7. The Kier molecular flexibility index (Phi) is 9.60.